The van der Waals surface area contributed by atoms with Crippen molar-refractivity contribution in [1.82, 2.24) is 0 Å². The van der Waals surface area contributed by atoms with E-state index < -0.39 is 0 Å². The molecule has 0 atom stereocenters. The lowest BCUT2D eigenvalue weighted by Gasteiger charge is -1.88. The minimum atomic E-state index is 1.21. The Morgan fingerprint density at radius 2 is 1.58 bits per heavy atom. The van der Waals surface area contributed by atoms with Gasteiger partial charge in [0.15, 0.2) is 0 Å². The van der Waals surface area contributed by atoms with Crippen LogP contribution in [0, 0.1) is 6.42 Å². The van der Waals surface area contributed by atoms with Crippen molar-refractivity contribution in [2.45, 2.75) is 46.0 Å². The Kier molecular flexibility index (Phi) is 9.79. The summed E-state index contributed by atoms with van der Waals surface area (Å²) in [4.78, 5) is 0. The van der Waals surface area contributed by atoms with Gasteiger partial charge in [0.1, 0.15) is 0 Å². The van der Waals surface area contributed by atoms with Gasteiger partial charge < -0.3 is 0 Å². The number of unbranched alkanes of at least 4 members (excludes halogenated alkanes) is 5. The standard InChI is InChI=1S/C12H21/c1-3-5-7-9-11-12-10-8-6-4-2/h3-6,11H,7-10,12H2,1-2H3/q+1. The summed E-state index contributed by atoms with van der Waals surface area (Å²) in [5, 5.41) is 0. The highest BCUT2D eigenvalue weighted by atomic mass is 13.9. The van der Waals surface area contributed by atoms with Crippen molar-refractivity contribution in [2.75, 3.05) is 0 Å². The van der Waals surface area contributed by atoms with Crippen molar-refractivity contribution in [3.63, 3.8) is 0 Å². The molecule has 0 fully saturated rings. The number of hydrogen-bond donors (Lipinski definition) is 0. The molecule has 12 heavy (non-hydrogen) atoms. The van der Waals surface area contributed by atoms with Crippen molar-refractivity contribution >= 4 is 0 Å². The summed E-state index contributed by atoms with van der Waals surface area (Å²) >= 11 is 0. The average Bonchev–Trinajstić information content (AvgIpc) is 2.10. The van der Waals surface area contributed by atoms with Crippen molar-refractivity contribution in [3.8, 4) is 0 Å². The van der Waals surface area contributed by atoms with E-state index in [1.54, 1.807) is 0 Å². The molecule has 0 aliphatic carbocycles. The summed E-state index contributed by atoms with van der Waals surface area (Å²) in [6.07, 6.45) is 17.3. The zero-order valence-electron chi connectivity index (χ0n) is 8.42. The van der Waals surface area contributed by atoms with Crippen LogP contribution in [0.5, 0.6) is 0 Å². The smallest absolute Gasteiger partial charge is 0.0909 e. The van der Waals surface area contributed by atoms with E-state index in [2.05, 4.69) is 44.6 Å². The van der Waals surface area contributed by atoms with Gasteiger partial charge >= 0.3 is 0 Å². The Morgan fingerprint density at radius 1 is 0.917 bits per heavy atom. The summed E-state index contributed by atoms with van der Waals surface area (Å²) in [6.45, 7) is 4.15. The van der Waals surface area contributed by atoms with E-state index in [1.165, 1.54) is 32.1 Å². The van der Waals surface area contributed by atoms with Gasteiger partial charge in [0.05, 0.1) is 19.3 Å². The molecular weight excluding hydrogens is 144 g/mol. The van der Waals surface area contributed by atoms with Crippen LogP contribution in [0.4, 0.5) is 0 Å². The van der Waals surface area contributed by atoms with E-state index in [-0.39, 0.29) is 0 Å². The summed E-state index contributed by atoms with van der Waals surface area (Å²) in [5.41, 5.74) is 0. The molecule has 0 aromatic carbocycles. The van der Waals surface area contributed by atoms with Crippen LogP contribution in [0.2, 0.25) is 0 Å². The number of allylic oxidation sites excluding steroid dienone is 4. The number of hydrogen-bond acceptors (Lipinski definition) is 0. The fourth-order valence-corrected chi connectivity index (χ4v) is 1.07. The average molecular weight is 165 g/mol. The fourth-order valence-electron chi connectivity index (χ4n) is 1.07. The largest absolute Gasteiger partial charge is 0.0917 e. The van der Waals surface area contributed by atoms with E-state index in [0.717, 1.165) is 0 Å². The third-order valence-electron chi connectivity index (χ3n) is 1.79. The first-order valence-electron chi connectivity index (χ1n) is 4.95. The molecule has 0 aromatic rings. The molecule has 68 valence electrons. The molecule has 0 saturated heterocycles. The zero-order chi connectivity index (χ0) is 9.07. The lowest BCUT2D eigenvalue weighted by molar-refractivity contribution is 0.778. The molecule has 0 aliphatic heterocycles. The van der Waals surface area contributed by atoms with Crippen LogP contribution in [0.25, 0.3) is 0 Å². The highest BCUT2D eigenvalue weighted by Crippen LogP contribution is 2.04. The van der Waals surface area contributed by atoms with Crippen molar-refractivity contribution in [3.05, 3.63) is 30.7 Å². The molecular formula is C12H21+. The molecule has 0 heteroatoms. The van der Waals surface area contributed by atoms with Gasteiger partial charge in [0.2, 0.25) is 0 Å². The number of rotatable bonds is 7. The second kappa shape index (κ2) is 10.3. The van der Waals surface area contributed by atoms with Gasteiger partial charge in [-0.05, 0) is 26.7 Å². The van der Waals surface area contributed by atoms with Crippen molar-refractivity contribution in [1.29, 1.82) is 0 Å². The van der Waals surface area contributed by atoms with Gasteiger partial charge in [0, 0.05) is 6.42 Å². The van der Waals surface area contributed by atoms with Gasteiger partial charge in [-0.25, -0.2) is 0 Å². The Balaban J connectivity index is 2.91. The molecule has 0 N–H and O–H groups in total. The van der Waals surface area contributed by atoms with Crippen molar-refractivity contribution in [2.24, 2.45) is 0 Å². The maximum Gasteiger partial charge on any atom is 0.0909 e. The van der Waals surface area contributed by atoms with Crippen LogP contribution >= 0.6 is 0 Å². The van der Waals surface area contributed by atoms with Crippen LogP contribution < -0.4 is 0 Å². The quantitative estimate of drug-likeness (QED) is 0.300. The first kappa shape index (κ1) is 11.4. The monoisotopic (exact) mass is 165 g/mol. The Bertz CT molecular complexity index is 104. The molecule has 0 rings (SSSR count). The summed E-state index contributed by atoms with van der Waals surface area (Å²) in [7, 11) is 0. The predicted molar refractivity (Wildman–Crippen MR) is 57.0 cm³/mol. The maximum atomic E-state index is 2.39. The molecule has 0 unspecified atom stereocenters. The van der Waals surface area contributed by atoms with E-state index in [1.807, 2.05) is 0 Å². The molecule has 0 heterocycles. The van der Waals surface area contributed by atoms with Gasteiger partial charge in [-0.2, -0.15) is 0 Å². The lowest BCUT2D eigenvalue weighted by Crippen LogP contribution is -1.77. The summed E-state index contributed by atoms with van der Waals surface area (Å²) in [6, 6.07) is 0. The van der Waals surface area contributed by atoms with Gasteiger partial charge in [-0.3, -0.25) is 0 Å². The maximum absolute atomic E-state index is 2.39. The van der Waals surface area contributed by atoms with Crippen LogP contribution in [0.1, 0.15) is 46.0 Å². The van der Waals surface area contributed by atoms with Crippen LogP contribution in [-0.4, -0.2) is 0 Å². The summed E-state index contributed by atoms with van der Waals surface area (Å²) < 4.78 is 0. The van der Waals surface area contributed by atoms with E-state index in [9.17, 15) is 0 Å². The second-order valence-corrected chi connectivity index (χ2v) is 2.94. The third kappa shape index (κ3) is 9.35. The van der Waals surface area contributed by atoms with E-state index >= 15 is 0 Å². The Morgan fingerprint density at radius 3 is 2.25 bits per heavy atom. The van der Waals surface area contributed by atoms with Gasteiger partial charge in [0.25, 0.3) is 0 Å². The minimum Gasteiger partial charge on any atom is -0.0917 e. The molecule has 0 amide bonds. The van der Waals surface area contributed by atoms with Crippen LogP contribution in [0.15, 0.2) is 24.3 Å². The third-order valence-corrected chi connectivity index (χ3v) is 1.79. The Labute approximate surface area is 77.4 Å². The Hall–Kier alpha value is -0.650. The topological polar surface area (TPSA) is 0 Å². The summed E-state index contributed by atoms with van der Waals surface area (Å²) in [5.74, 6) is 0. The first-order chi connectivity index (χ1) is 5.91. The normalized spacial score (nSPS) is 11.5. The van der Waals surface area contributed by atoms with E-state index in [0.29, 0.717) is 0 Å². The van der Waals surface area contributed by atoms with E-state index in [4.69, 9.17) is 0 Å². The SMILES string of the molecule is CC=CCC[CH+]CCCC=CC. The van der Waals surface area contributed by atoms with Crippen LogP contribution in [0.3, 0.4) is 0 Å². The fraction of sp³-hybridized carbons (Fsp3) is 0.583. The molecule has 0 bridgehead atoms. The molecule has 0 radical (unpaired) electrons. The zero-order valence-corrected chi connectivity index (χ0v) is 8.42. The van der Waals surface area contributed by atoms with Crippen LogP contribution in [-0.2, 0) is 0 Å². The lowest BCUT2D eigenvalue weighted by atomic mass is 10.1. The van der Waals surface area contributed by atoms with Gasteiger partial charge in [-0.1, -0.05) is 24.3 Å². The minimum absolute atomic E-state index is 1.21. The predicted octanol–water partition coefficient (Wildman–Crippen LogP) is 4.29. The molecule has 0 aromatic heterocycles. The highest BCUT2D eigenvalue weighted by Gasteiger charge is 1.95. The molecule has 0 aliphatic rings. The molecule has 0 spiro atoms. The van der Waals surface area contributed by atoms with Gasteiger partial charge in [-0.15, -0.1) is 0 Å². The molecule has 0 saturated carbocycles. The highest BCUT2D eigenvalue weighted by molar-refractivity contribution is 4.81. The second-order valence-electron chi connectivity index (χ2n) is 2.94. The molecule has 0 nitrogen and oxygen atoms in total. The first-order valence-corrected chi connectivity index (χ1v) is 4.95. The van der Waals surface area contributed by atoms with Crippen molar-refractivity contribution < 1.29 is 0 Å².